The Hall–Kier alpha value is -1.91. The molecule has 0 spiro atoms. The van der Waals surface area contributed by atoms with Crippen LogP contribution in [-0.4, -0.2) is 24.5 Å². The molecule has 0 aromatic rings. The molecule has 5 nitrogen and oxygen atoms in total. The van der Waals surface area contributed by atoms with Gasteiger partial charge in [0.15, 0.2) is 0 Å². The van der Waals surface area contributed by atoms with Crippen molar-refractivity contribution in [2.45, 2.75) is 13.3 Å². The number of esters is 3. The fourth-order valence-corrected chi connectivity index (χ4v) is 0.565. The van der Waals surface area contributed by atoms with E-state index in [0.29, 0.717) is 6.61 Å². The second-order valence-electron chi connectivity index (χ2n) is 2.45. The van der Waals surface area contributed by atoms with E-state index in [0.717, 1.165) is 24.6 Å². The summed E-state index contributed by atoms with van der Waals surface area (Å²) in [6, 6.07) is 0. The molecular formula is C10H12O5. The van der Waals surface area contributed by atoms with Crippen LogP contribution in [0.3, 0.4) is 0 Å². The number of hydrogen-bond acceptors (Lipinski definition) is 5. The van der Waals surface area contributed by atoms with Crippen molar-refractivity contribution in [3.05, 3.63) is 24.8 Å². The molecule has 0 saturated heterocycles. The number of rotatable bonds is 3. The number of carbonyl (C=O) groups is 3. The Labute approximate surface area is 87.4 Å². The van der Waals surface area contributed by atoms with Gasteiger partial charge in [0.1, 0.15) is 0 Å². The highest BCUT2D eigenvalue weighted by atomic mass is 16.6. The third-order valence-electron chi connectivity index (χ3n) is 1.17. The maximum atomic E-state index is 10.2. The lowest BCUT2D eigenvalue weighted by Gasteiger charge is -1.94. The van der Waals surface area contributed by atoms with E-state index in [2.05, 4.69) is 16.1 Å². The SMILES string of the molecule is C=CC(=O)OCCC.O=C1C=CC(=O)O1. The van der Waals surface area contributed by atoms with Crippen molar-refractivity contribution >= 4 is 17.9 Å². The van der Waals surface area contributed by atoms with E-state index >= 15 is 0 Å². The van der Waals surface area contributed by atoms with Gasteiger partial charge < -0.3 is 9.47 Å². The Morgan fingerprint density at radius 2 is 2.00 bits per heavy atom. The van der Waals surface area contributed by atoms with Gasteiger partial charge in [-0.05, 0) is 6.42 Å². The van der Waals surface area contributed by atoms with Crippen LogP contribution in [0.15, 0.2) is 24.8 Å². The molecule has 0 atom stereocenters. The van der Waals surface area contributed by atoms with Crippen LogP contribution in [0.5, 0.6) is 0 Å². The van der Waals surface area contributed by atoms with Gasteiger partial charge >= 0.3 is 17.9 Å². The summed E-state index contributed by atoms with van der Waals surface area (Å²) in [5.74, 6) is -1.50. The lowest BCUT2D eigenvalue weighted by atomic mass is 10.5. The van der Waals surface area contributed by atoms with E-state index in [-0.39, 0.29) is 5.97 Å². The van der Waals surface area contributed by atoms with Gasteiger partial charge in [0, 0.05) is 18.2 Å². The molecule has 82 valence electrons. The van der Waals surface area contributed by atoms with Crippen molar-refractivity contribution in [2.75, 3.05) is 6.61 Å². The van der Waals surface area contributed by atoms with E-state index in [1.165, 1.54) is 0 Å². The molecule has 0 aliphatic carbocycles. The molecule has 1 heterocycles. The van der Waals surface area contributed by atoms with Crippen LogP contribution in [0.2, 0.25) is 0 Å². The molecule has 1 rings (SSSR count). The molecule has 0 fully saturated rings. The second-order valence-corrected chi connectivity index (χ2v) is 2.45. The lowest BCUT2D eigenvalue weighted by Crippen LogP contribution is -1.99. The van der Waals surface area contributed by atoms with E-state index in [4.69, 9.17) is 0 Å². The zero-order valence-corrected chi connectivity index (χ0v) is 8.39. The molecule has 1 aliphatic rings. The Morgan fingerprint density at radius 3 is 2.27 bits per heavy atom. The van der Waals surface area contributed by atoms with E-state index in [9.17, 15) is 14.4 Å². The molecule has 15 heavy (non-hydrogen) atoms. The third kappa shape index (κ3) is 7.18. The van der Waals surface area contributed by atoms with Gasteiger partial charge in [-0.2, -0.15) is 0 Å². The van der Waals surface area contributed by atoms with Gasteiger partial charge in [-0.15, -0.1) is 0 Å². The molecule has 5 heteroatoms. The lowest BCUT2D eigenvalue weighted by molar-refractivity contribution is -0.150. The summed E-state index contributed by atoms with van der Waals surface area (Å²) in [7, 11) is 0. The van der Waals surface area contributed by atoms with Gasteiger partial charge in [0.2, 0.25) is 0 Å². The van der Waals surface area contributed by atoms with Crippen molar-refractivity contribution in [3.8, 4) is 0 Å². The molecule has 0 aromatic heterocycles. The Morgan fingerprint density at radius 1 is 1.47 bits per heavy atom. The average Bonchev–Trinajstić information content (AvgIpc) is 2.59. The summed E-state index contributed by atoms with van der Waals surface area (Å²) in [4.78, 5) is 30.1. The first-order valence-corrected chi connectivity index (χ1v) is 4.33. The van der Waals surface area contributed by atoms with Crippen LogP contribution in [0.25, 0.3) is 0 Å². The minimum atomic E-state index is -0.579. The molecule has 0 unspecified atom stereocenters. The van der Waals surface area contributed by atoms with Crippen molar-refractivity contribution in [1.29, 1.82) is 0 Å². The fraction of sp³-hybridized carbons (Fsp3) is 0.300. The van der Waals surface area contributed by atoms with Crippen molar-refractivity contribution in [1.82, 2.24) is 0 Å². The molecule has 0 saturated carbocycles. The van der Waals surface area contributed by atoms with Crippen LogP contribution in [0.4, 0.5) is 0 Å². The minimum Gasteiger partial charge on any atom is -0.463 e. The van der Waals surface area contributed by atoms with E-state index < -0.39 is 11.9 Å². The van der Waals surface area contributed by atoms with E-state index in [1.807, 2.05) is 6.92 Å². The van der Waals surface area contributed by atoms with Gasteiger partial charge in [-0.3, -0.25) is 0 Å². The highest BCUT2D eigenvalue weighted by Crippen LogP contribution is 1.92. The first kappa shape index (κ1) is 13.1. The Kier molecular flexibility index (Phi) is 6.54. The quantitative estimate of drug-likeness (QED) is 0.392. The first-order valence-electron chi connectivity index (χ1n) is 4.33. The van der Waals surface area contributed by atoms with E-state index in [1.54, 1.807) is 0 Å². The smallest absolute Gasteiger partial charge is 0.338 e. The van der Waals surface area contributed by atoms with Gasteiger partial charge in [0.05, 0.1) is 6.61 Å². The number of ether oxygens (including phenoxy) is 2. The molecule has 1 aliphatic heterocycles. The summed E-state index contributed by atoms with van der Waals surface area (Å²) < 4.78 is 8.56. The van der Waals surface area contributed by atoms with Gasteiger partial charge in [-0.1, -0.05) is 13.5 Å². The Bertz CT molecular complexity index is 274. The zero-order chi connectivity index (χ0) is 11.7. The van der Waals surface area contributed by atoms with Crippen LogP contribution in [0.1, 0.15) is 13.3 Å². The summed E-state index contributed by atoms with van der Waals surface area (Å²) in [5.41, 5.74) is 0. The van der Waals surface area contributed by atoms with Crippen LogP contribution < -0.4 is 0 Å². The Balaban J connectivity index is 0.000000262. The largest absolute Gasteiger partial charge is 0.463 e. The molecule has 0 aromatic carbocycles. The van der Waals surface area contributed by atoms with Crippen molar-refractivity contribution < 1.29 is 23.9 Å². The topological polar surface area (TPSA) is 69.7 Å². The first-order chi connectivity index (χ1) is 7.10. The normalized spacial score (nSPS) is 12.6. The maximum Gasteiger partial charge on any atom is 0.338 e. The molecule has 0 amide bonds. The highest BCUT2D eigenvalue weighted by molar-refractivity contribution is 6.04. The number of cyclic esters (lactones) is 2. The van der Waals surface area contributed by atoms with Gasteiger partial charge in [-0.25, -0.2) is 14.4 Å². The minimum absolute atomic E-state index is 0.341. The maximum absolute atomic E-state index is 10.2. The summed E-state index contributed by atoms with van der Waals surface area (Å²) >= 11 is 0. The predicted molar refractivity (Wildman–Crippen MR) is 51.7 cm³/mol. The molecule has 0 radical (unpaired) electrons. The monoisotopic (exact) mass is 212 g/mol. The molecular weight excluding hydrogens is 200 g/mol. The summed E-state index contributed by atoms with van der Waals surface area (Å²) in [6.45, 7) is 5.67. The van der Waals surface area contributed by atoms with Gasteiger partial charge in [0.25, 0.3) is 0 Å². The van der Waals surface area contributed by atoms with Crippen LogP contribution in [0, 0.1) is 0 Å². The van der Waals surface area contributed by atoms with Crippen molar-refractivity contribution in [3.63, 3.8) is 0 Å². The average molecular weight is 212 g/mol. The highest BCUT2D eigenvalue weighted by Gasteiger charge is 2.10. The zero-order valence-electron chi connectivity index (χ0n) is 8.39. The fourth-order valence-electron chi connectivity index (χ4n) is 0.565. The molecule has 0 bridgehead atoms. The number of hydrogen-bond donors (Lipinski definition) is 0. The molecule has 0 N–H and O–H groups in total. The second kappa shape index (κ2) is 7.49. The predicted octanol–water partition coefficient (Wildman–Crippen LogP) is 0.752. The number of carbonyl (C=O) groups excluding carboxylic acids is 3. The van der Waals surface area contributed by atoms with Crippen LogP contribution >= 0.6 is 0 Å². The summed E-state index contributed by atoms with van der Waals surface area (Å²) in [5, 5.41) is 0. The summed E-state index contributed by atoms with van der Waals surface area (Å²) in [6.07, 6.45) is 4.19. The van der Waals surface area contributed by atoms with Crippen LogP contribution in [-0.2, 0) is 23.9 Å². The standard InChI is InChI=1S/C6H10O2.C4H2O3/c1-3-5-8-6(7)4-2;5-3-1-2-4(6)7-3/h4H,2-3,5H2,1H3;1-2H. The van der Waals surface area contributed by atoms with Crippen molar-refractivity contribution in [2.24, 2.45) is 0 Å². The third-order valence-corrected chi connectivity index (χ3v) is 1.17.